The maximum atomic E-state index is 11.8. The molecule has 0 aliphatic heterocycles. The van der Waals surface area contributed by atoms with Crippen LogP contribution in [0.1, 0.15) is 90.3 Å². The van der Waals surface area contributed by atoms with Gasteiger partial charge in [-0.25, -0.2) is 0 Å². The fraction of sp³-hybridized carbons (Fsp3) is 0.684. The minimum absolute atomic E-state index is 0.174. The first-order chi connectivity index (χ1) is 10.6. The molecular formula is C19H33O4P. The molecule has 0 heterocycles. The van der Waals surface area contributed by atoms with E-state index in [1.165, 1.54) is 0 Å². The van der Waals surface area contributed by atoms with Gasteiger partial charge in [-0.05, 0) is 54.2 Å². The Morgan fingerprint density at radius 3 is 1.62 bits per heavy atom. The van der Waals surface area contributed by atoms with Crippen molar-refractivity contribution in [1.29, 1.82) is 0 Å². The molecule has 1 aromatic carbocycles. The Bertz CT molecular complexity index is 610. The maximum absolute atomic E-state index is 11.8. The summed E-state index contributed by atoms with van der Waals surface area (Å²) in [5.41, 5.74) is 2.36. The third-order valence-corrected chi connectivity index (χ3v) is 6.59. The normalized spacial score (nSPS) is 13.8. The predicted octanol–water partition coefficient (Wildman–Crippen LogP) is 5.26. The summed E-state index contributed by atoms with van der Waals surface area (Å²) in [6.07, 6.45) is 0.351. The van der Waals surface area contributed by atoms with Gasteiger partial charge in [0.05, 0.1) is 5.16 Å². The van der Waals surface area contributed by atoms with E-state index in [2.05, 4.69) is 0 Å². The van der Waals surface area contributed by atoms with Gasteiger partial charge in [-0.1, -0.05) is 53.7 Å². The zero-order chi connectivity index (χ0) is 19.1. The van der Waals surface area contributed by atoms with E-state index in [0.29, 0.717) is 12.2 Å². The predicted molar refractivity (Wildman–Crippen MR) is 100 cm³/mol. The minimum atomic E-state index is -4.21. The van der Waals surface area contributed by atoms with Crippen LogP contribution in [0.3, 0.4) is 0 Å². The Labute approximate surface area is 146 Å². The monoisotopic (exact) mass is 356 g/mol. The quantitative estimate of drug-likeness (QED) is 0.607. The fourth-order valence-corrected chi connectivity index (χ4v) is 3.84. The molecule has 1 rings (SSSR count). The van der Waals surface area contributed by atoms with Crippen LogP contribution in [0, 0.1) is 0 Å². The summed E-state index contributed by atoms with van der Waals surface area (Å²) >= 11 is 0. The van der Waals surface area contributed by atoms with Crippen LogP contribution in [-0.4, -0.2) is 20.0 Å². The van der Waals surface area contributed by atoms with Crippen LogP contribution >= 0.6 is 7.60 Å². The van der Waals surface area contributed by atoms with Crippen LogP contribution in [0.25, 0.3) is 0 Å². The molecule has 0 spiro atoms. The van der Waals surface area contributed by atoms with Crippen molar-refractivity contribution in [3.05, 3.63) is 28.8 Å². The lowest BCUT2D eigenvalue weighted by Crippen LogP contribution is -2.31. The van der Waals surface area contributed by atoms with E-state index in [1.54, 1.807) is 13.8 Å². The molecule has 0 amide bonds. The van der Waals surface area contributed by atoms with E-state index in [1.807, 2.05) is 53.7 Å². The van der Waals surface area contributed by atoms with E-state index in [-0.39, 0.29) is 11.8 Å². The average molecular weight is 356 g/mol. The lowest BCUT2D eigenvalue weighted by Gasteiger charge is -2.36. The van der Waals surface area contributed by atoms with Crippen LogP contribution in [0.5, 0.6) is 5.75 Å². The van der Waals surface area contributed by atoms with E-state index in [9.17, 15) is 19.5 Å². The van der Waals surface area contributed by atoms with Gasteiger partial charge in [0.2, 0.25) is 0 Å². The van der Waals surface area contributed by atoms with Crippen molar-refractivity contribution in [2.45, 2.75) is 84.2 Å². The van der Waals surface area contributed by atoms with Gasteiger partial charge in [0, 0.05) is 0 Å². The molecule has 5 heteroatoms. The van der Waals surface area contributed by atoms with Crippen LogP contribution in [0.15, 0.2) is 12.1 Å². The number of hydrogen-bond acceptors (Lipinski definition) is 2. The van der Waals surface area contributed by atoms with E-state index in [4.69, 9.17) is 0 Å². The summed E-state index contributed by atoms with van der Waals surface area (Å²) in [6.45, 7) is 15.4. The van der Waals surface area contributed by atoms with Crippen LogP contribution in [-0.2, 0) is 9.98 Å². The fourth-order valence-electron chi connectivity index (χ4n) is 3.24. The number of phenolic OH excluding ortho intramolecular Hbond substituents is 1. The van der Waals surface area contributed by atoms with Crippen molar-refractivity contribution in [3.63, 3.8) is 0 Å². The van der Waals surface area contributed by atoms with E-state index >= 15 is 0 Å². The summed E-state index contributed by atoms with van der Waals surface area (Å²) < 4.78 is 11.8. The average Bonchev–Trinajstić information content (AvgIpc) is 2.35. The maximum Gasteiger partial charge on any atom is 0.331 e. The molecule has 0 radical (unpaired) electrons. The van der Waals surface area contributed by atoms with Gasteiger partial charge in [0.25, 0.3) is 0 Å². The topological polar surface area (TPSA) is 77.8 Å². The molecule has 0 saturated carbocycles. The lowest BCUT2D eigenvalue weighted by atomic mass is 9.75. The number of phenols is 1. The molecule has 0 aromatic heterocycles. The molecule has 0 atom stereocenters. The summed E-state index contributed by atoms with van der Waals surface area (Å²) in [5.74, 6) is 0.690. The highest BCUT2D eigenvalue weighted by Gasteiger charge is 2.42. The third kappa shape index (κ3) is 4.41. The SMILES string of the molecule is CC(C)c1cc(C(C)(C)CC(C)(C)P(=O)(O)O)cc(C(C)C)c1O. The first-order valence-corrected chi connectivity index (χ1v) is 10.1. The van der Waals surface area contributed by atoms with Crippen molar-refractivity contribution in [2.75, 3.05) is 0 Å². The Kier molecular flexibility index (Phi) is 6.03. The molecule has 4 nitrogen and oxygen atoms in total. The minimum Gasteiger partial charge on any atom is -0.507 e. The standard InChI is InChI=1S/C19H33O4P/c1-12(2)15-9-14(10-16(13(3)4)17(15)20)18(5,6)11-19(7,8)24(21,22)23/h9-10,12-13,20H,11H2,1-8H3,(H2,21,22,23). The largest absolute Gasteiger partial charge is 0.507 e. The van der Waals surface area contributed by atoms with Crippen LogP contribution in [0.2, 0.25) is 0 Å². The molecule has 1 aromatic rings. The van der Waals surface area contributed by atoms with E-state index < -0.39 is 18.2 Å². The van der Waals surface area contributed by atoms with Gasteiger partial charge < -0.3 is 14.9 Å². The Morgan fingerprint density at radius 1 is 0.958 bits per heavy atom. The molecule has 0 aliphatic rings. The van der Waals surface area contributed by atoms with Gasteiger partial charge in [-0.3, -0.25) is 4.57 Å². The molecule has 0 saturated heterocycles. The number of hydrogen-bond donors (Lipinski definition) is 3. The third-order valence-electron chi connectivity index (χ3n) is 4.86. The number of aromatic hydroxyl groups is 1. The molecule has 24 heavy (non-hydrogen) atoms. The second kappa shape index (κ2) is 6.82. The van der Waals surface area contributed by atoms with Crippen molar-refractivity contribution in [3.8, 4) is 5.75 Å². The molecule has 0 unspecified atom stereocenters. The zero-order valence-corrected chi connectivity index (χ0v) is 17.1. The summed E-state index contributed by atoms with van der Waals surface area (Å²) in [5, 5.41) is 9.45. The second-order valence-corrected chi connectivity index (χ2v) is 11.0. The second-order valence-electron chi connectivity index (χ2n) is 8.73. The highest BCUT2D eigenvalue weighted by Crippen LogP contribution is 2.55. The number of rotatable bonds is 6. The summed E-state index contributed by atoms with van der Waals surface area (Å²) in [6, 6.07) is 3.98. The molecule has 0 aliphatic carbocycles. The van der Waals surface area contributed by atoms with Crippen LogP contribution in [0.4, 0.5) is 0 Å². The van der Waals surface area contributed by atoms with Gasteiger partial charge >= 0.3 is 7.60 Å². The van der Waals surface area contributed by atoms with Crippen molar-refractivity contribution in [2.24, 2.45) is 0 Å². The Hall–Kier alpha value is -0.830. The highest BCUT2D eigenvalue weighted by atomic mass is 31.2. The van der Waals surface area contributed by atoms with Crippen molar-refractivity contribution < 1.29 is 19.5 Å². The molecule has 0 bridgehead atoms. The zero-order valence-electron chi connectivity index (χ0n) is 16.2. The molecule has 3 N–H and O–H groups in total. The smallest absolute Gasteiger partial charge is 0.331 e. The van der Waals surface area contributed by atoms with E-state index in [0.717, 1.165) is 16.7 Å². The lowest BCUT2D eigenvalue weighted by molar-refractivity contribution is 0.304. The summed E-state index contributed by atoms with van der Waals surface area (Å²) in [4.78, 5) is 19.3. The molecule has 0 fully saturated rings. The Balaban J connectivity index is 3.46. The first-order valence-electron chi connectivity index (χ1n) is 8.53. The van der Waals surface area contributed by atoms with Crippen molar-refractivity contribution in [1.82, 2.24) is 0 Å². The molecular weight excluding hydrogens is 323 g/mol. The van der Waals surface area contributed by atoms with Crippen LogP contribution < -0.4 is 0 Å². The van der Waals surface area contributed by atoms with Gasteiger partial charge in [0.1, 0.15) is 5.75 Å². The first kappa shape index (κ1) is 21.2. The highest BCUT2D eigenvalue weighted by molar-refractivity contribution is 7.53. The van der Waals surface area contributed by atoms with Gasteiger partial charge in [0.15, 0.2) is 0 Å². The van der Waals surface area contributed by atoms with Gasteiger partial charge in [-0.15, -0.1) is 0 Å². The van der Waals surface area contributed by atoms with Gasteiger partial charge in [-0.2, -0.15) is 0 Å². The summed E-state index contributed by atoms with van der Waals surface area (Å²) in [7, 11) is -4.21. The van der Waals surface area contributed by atoms with Crippen molar-refractivity contribution >= 4 is 7.60 Å². The Morgan fingerprint density at radius 2 is 1.33 bits per heavy atom. The molecule has 138 valence electrons. The number of benzene rings is 1.